The number of rotatable bonds is 4. The van der Waals surface area contributed by atoms with Gasteiger partial charge in [-0.3, -0.25) is 4.98 Å². The summed E-state index contributed by atoms with van der Waals surface area (Å²) in [7, 11) is 0. The van der Waals surface area contributed by atoms with Crippen molar-refractivity contribution in [1.29, 1.82) is 0 Å². The predicted octanol–water partition coefficient (Wildman–Crippen LogP) is 5.32. The summed E-state index contributed by atoms with van der Waals surface area (Å²) in [6.07, 6.45) is 6.57. The van der Waals surface area contributed by atoms with Crippen LogP contribution in [0.1, 0.15) is 44.7 Å². The average Bonchev–Trinajstić information content (AvgIpc) is 2.55. The summed E-state index contributed by atoms with van der Waals surface area (Å²) in [5, 5.41) is 1.09. The second kappa shape index (κ2) is 6.65. The van der Waals surface area contributed by atoms with Crippen LogP contribution in [-0.2, 0) is 5.88 Å². The van der Waals surface area contributed by atoms with Gasteiger partial charge in [-0.05, 0) is 43.7 Å². The third kappa shape index (κ3) is 3.16. The molecule has 1 aliphatic rings. The zero-order chi connectivity index (χ0) is 14.7. The first-order valence-electron chi connectivity index (χ1n) is 7.93. The van der Waals surface area contributed by atoms with Crippen molar-refractivity contribution in [3.63, 3.8) is 0 Å². The number of halogens is 1. The van der Waals surface area contributed by atoms with Gasteiger partial charge < -0.3 is 4.74 Å². The molecule has 0 saturated heterocycles. The van der Waals surface area contributed by atoms with Crippen LogP contribution in [0.3, 0.4) is 0 Å². The molecule has 0 aliphatic heterocycles. The second-order valence-electron chi connectivity index (χ2n) is 5.87. The topological polar surface area (TPSA) is 22.1 Å². The Labute approximate surface area is 131 Å². The van der Waals surface area contributed by atoms with E-state index in [1.807, 2.05) is 24.3 Å². The number of pyridine rings is 1. The Morgan fingerprint density at radius 2 is 2.05 bits per heavy atom. The fourth-order valence-electron chi connectivity index (χ4n) is 3.32. The summed E-state index contributed by atoms with van der Waals surface area (Å²) in [5.41, 5.74) is 1.85. The summed E-state index contributed by atoms with van der Waals surface area (Å²) in [6.45, 7) is 2.27. The molecule has 0 radical (unpaired) electrons. The average molecular weight is 304 g/mol. The molecule has 2 atom stereocenters. The predicted molar refractivity (Wildman–Crippen MR) is 88.0 cm³/mol. The highest BCUT2D eigenvalue weighted by Gasteiger charge is 2.26. The van der Waals surface area contributed by atoms with Gasteiger partial charge >= 0.3 is 0 Å². The maximum absolute atomic E-state index is 6.42. The van der Waals surface area contributed by atoms with Crippen molar-refractivity contribution in [3.05, 3.63) is 36.0 Å². The number of hydrogen-bond acceptors (Lipinski definition) is 2. The molecule has 3 rings (SSSR count). The van der Waals surface area contributed by atoms with Gasteiger partial charge in [0.1, 0.15) is 11.9 Å². The molecule has 2 unspecified atom stereocenters. The van der Waals surface area contributed by atoms with Gasteiger partial charge in [-0.15, -0.1) is 11.6 Å². The highest BCUT2D eigenvalue weighted by molar-refractivity contribution is 6.17. The molecule has 112 valence electrons. The minimum absolute atomic E-state index is 0.331. The fourth-order valence-corrected chi connectivity index (χ4v) is 3.46. The van der Waals surface area contributed by atoms with Crippen molar-refractivity contribution in [3.8, 4) is 5.75 Å². The van der Waals surface area contributed by atoms with E-state index < -0.39 is 0 Å². The van der Waals surface area contributed by atoms with Crippen molar-refractivity contribution in [2.24, 2.45) is 5.92 Å². The Kier molecular flexibility index (Phi) is 4.64. The van der Waals surface area contributed by atoms with E-state index in [4.69, 9.17) is 16.3 Å². The highest BCUT2D eigenvalue weighted by Crippen LogP contribution is 2.33. The molecule has 1 aliphatic carbocycles. The molecule has 1 heterocycles. The van der Waals surface area contributed by atoms with Crippen LogP contribution in [0.25, 0.3) is 10.9 Å². The van der Waals surface area contributed by atoms with E-state index in [-0.39, 0.29) is 0 Å². The number of hydrogen-bond donors (Lipinski definition) is 0. The molecule has 21 heavy (non-hydrogen) atoms. The summed E-state index contributed by atoms with van der Waals surface area (Å²) in [4.78, 5) is 4.57. The smallest absolute Gasteiger partial charge is 0.130 e. The maximum atomic E-state index is 6.42. The molecule has 1 saturated carbocycles. The number of ether oxygens (including phenoxy) is 1. The van der Waals surface area contributed by atoms with Gasteiger partial charge in [0.2, 0.25) is 0 Å². The lowest BCUT2D eigenvalue weighted by Gasteiger charge is -2.31. The minimum Gasteiger partial charge on any atom is -0.489 e. The van der Waals surface area contributed by atoms with Gasteiger partial charge in [0, 0.05) is 11.5 Å². The Morgan fingerprint density at radius 1 is 1.24 bits per heavy atom. The Hall–Kier alpha value is -1.28. The number of benzene rings is 1. The summed E-state index contributed by atoms with van der Waals surface area (Å²) in [5.74, 6) is 2.04. The van der Waals surface area contributed by atoms with E-state index in [9.17, 15) is 0 Å². The van der Waals surface area contributed by atoms with Gasteiger partial charge in [0.25, 0.3) is 0 Å². The lowest BCUT2D eigenvalue weighted by Crippen LogP contribution is -2.30. The third-order valence-electron chi connectivity index (χ3n) is 4.51. The van der Waals surface area contributed by atoms with Crippen LogP contribution in [0.2, 0.25) is 0 Å². The third-order valence-corrected chi connectivity index (χ3v) is 4.78. The van der Waals surface area contributed by atoms with E-state index in [0.29, 0.717) is 17.9 Å². The van der Waals surface area contributed by atoms with Crippen molar-refractivity contribution >= 4 is 22.5 Å². The second-order valence-corrected chi connectivity index (χ2v) is 6.14. The molecule has 0 spiro atoms. The first kappa shape index (κ1) is 14.6. The van der Waals surface area contributed by atoms with Crippen molar-refractivity contribution < 1.29 is 4.74 Å². The number of aromatic nitrogens is 1. The van der Waals surface area contributed by atoms with Crippen LogP contribution in [0.4, 0.5) is 0 Å². The Bertz CT molecular complexity index is 613. The van der Waals surface area contributed by atoms with E-state index in [0.717, 1.165) is 28.8 Å². The monoisotopic (exact) mass is 303 g/mol. The molecule has 0 amide bonds. The summed E-state index contributed by atoms with van der Waals surface area (Å²) < 4.78 is 6.42. The summed E-state index contributed by atoms with van der Waals surface area (Å²) in [6, 6.07) is 10.2. The minimum atomic E-state index is 0.331. The number of fused-ring (bicyclic) bond motifs is 1. The van der Waals surface area contributed by atoms with Gasteiger partial charge in [-0.2, -0.15) is 0 Å². The van der Waals surface area contributed by atoms with Crippen LogP contribution >= 0.6 is 11.6 Å². The molecule has 2 aromatic rings. The van der Waals surface area contributed by atoms with Gasteiger partial charge in [-0.1, -0.05) is 25.5 Å². The van der Waals surface area contributed by atoms with E-state index in [1.165, 1.54) is 25.7 Å². The molecular formula is C18H22ClNO. The molecule has 1 aromatic carbocycles. The van der Waals surface area contributed by atoms with Gasteiger partial charge in [-0.25, -0.2) is 0 Å². The lowest BCUT2D eigenvalue weighted by atomic mass is 9.84. The lowest BCUT2D eigenvalue weighted by molar-refractivity contribution is 0.0918. The van der Waals surface area contributed by atoms with E-state index in [1.54, 1.807) is 0 Å². The van der Waals surface area contributed by atoms with Crippen LogP contribution in [0.15, 0.2) is 30.3 Å². The first-order chi connectivity index (χ1) is 10.3. The van der Waals surface area contributed by atoms with Crippen LogP contribution in [0.5, 0.6) is 5.75 Å². The molecule has 3 heteroatoms. The molecular weight excluding hydrogens is 282 g/mol. The standard InChI is InChI=1S/C18H22ClNO/c1-2-13-7-3-6-10-17(13)21-18-11-14(12-19)20-16-9-5-4-8-15(16)18/h4-5,8-9,11,13,17H,2-3,6-7,10,12H2,1H3. The maximum Gasteiger partial charge on any atom is 0.130 e. The van der Waals surface area contributed by atoms with E-state index >= 15 is 0 Å². The number of alkyl halides is 1. The Balaban J connectivity index is 1.95. The normalized spacial score (nSPS) is 22.4. The quantitative estimate of drug-likeness (QED) is 0.713. The van der Waals surface area contributed by atoms with Crippen molar-refractivity contribution in [1.82, 2.24) is 4.98 Å². The number of para-hydroxylation sites is 1. The Morgan fingerprint density at radius 3 is 2.86 bits per heavy atom. The SMILES string of the molecule is CCC1CCCCC1Oc1cc(CCl)nc2ccccc12. The van der Waals surface area contributed by atoms with Crippen LogP contribution < -0.4 is 4.74 Å². The zero-order valence-corrected chi connectivity index (χ0v) is 13.3. The molecule has 2 nitrogen and oxygen atoms in total. The highest BCUT2D eigenvalue weighted by atomic mass is 35.5. The molecule has 0 bridgehead atoms. The van der Waals surface area contributed by atoms with Gasteiger partial charge in [0.05, 0.1) is 17.1 Å². The fraction of sp³-hybridized carbons (Fsp3) is 0.500. The summed E-state index contributed by atoms with van der Waals surface area (Å²) >= 11 is 5.98. The van der Waals surface area contributed by atoms with Crippen LogP contribution in [-0.4, -0.2) is 11.1 Å². The largest absolute Gasteiger partial charge is 0.489 e. The molecule has 1 aromatic heterocycles. The van der Waals surface area contributed by atoms with Gasteiger partial charge in [0.15, 0.2) is 0 Å². The number of nitrogens with zero attached hydrogens (tertiary/aromatic N) is 1. The molecule has 0 N–H and O–H groups in total. The van der Waals surface area contributed by atoms with Crippen molar-refractivity contribution in [2.75, 3.05) is 0 Å². The first-order valence-corrected chi connectivity index (χ1v) is 8.46. The molecule has 1 fully saturated rings. The van der Waals surface area contributed by atoms with E-state index in [2.05, 4.69) is 18.0 Å². The van der Waals surface area contributed by atoms with Crippen LogP contribution in [0, 0.1) is 5.92 Å². The van der Waals surface area contributed by atoms with Crippen molar-refractivity contribution in [2.45, 2.75) is 51.0 Å². The zero-order valence-electron chi connectivity index (χ0n) is 12.5.